The first-order valence-corrected chi connectivity index (χ1v) is 10.4. The van der Waals surface area contributed by atoms with Crippen molar-refractivity contribution in [2.24, 2.45) is 0 Å². The van der Waals surface area contributed by atoms with Crippen LogP contribution in [0.25, 0.3) is 0 Å². The largest absolute Gasteiger partial charge is 0.497 e. The number of hydrogen-bond acceptors (Lipinski definition) is 6. The fourth-order valence-electron chi connectivity index (χ4n) is 4.07. The van der Waals surface area contributed by atoms with Gasteiger partial charge in [0.1, 0.15) is 17.6 Å². The Morgan fingerprint density at radius 1 is 1.24 bits per heavy atom. The molecule has 0 bridgehead atoms. The third-order valence-electron chi connectivity index (χ3n) is 5.65. The Labute approximate surface area is 171 Å². The maximum absolute atomic E-state index is 13.0. The van der Waals surface area contributed by atoms with Gasteiger partial charge < -0.3 is 18.8 Å². The van der Waals surface area contributed by atoms with Crippen LogP contribution in [0.15, 0.2) is 34.9 Å². The normalized spacial score (nSPS) is 20.6. The van der Waals surface area contributed by atoms with Gasteiger partial charge in [-0.05, 0) is 37.0 Å². The molecular formula is C22H29N3O4. The third-order valence-corrected chi connectivity index (χ3v) is 5.65. The van der Waals surface area contributed by atoms with Gasteiger partial charge in [-0.15, -0.1) is 0 Å². The summed E-state index contributed by atoms with van der Waals surface area (Å²) in [6.45, 7) is 4.23. The molecule has 7 nitrogen and oxygen atoms in total. The van der Waals surface area contributed by atoms with E-state index in [-0.39, 0.29) is 11.9 Å². The van der Waals surface area contributed by atoms with E-state index in [0.29, 0.717) is 32.1 Å². The summed E-state index contributed by atoms with van der Waals surface area (Å²) in [7, 11) is 1.66. The zero-order chi connectivity index (χ0) is 20.1. The van der Waals surface area contributed by atoms with Gasteiger partial charge >= 0.3 is 0 Å². The summed E-state index contributed by atoms with van der Waals surface area (Å²) in [5.41, 5.74) is 1.11. The number of carbonyl (C=O) groups is 1. The van der Waals surface area contributed by atoms with Crippen molar-refractivity contribution in [1.29, 1.82) is 0 Å². The first-order chi connectivity index (χ1) is 14.2. The van der Waals surface area contributed by atoms with Crippen LogP contribution in [0.4, 0.5) is 0 Å². The Bertz CT molecular complexity index is 816. The maximum atomic E-state index is 13.0. The number of morpholine rings is 1. The smallest absolute Gasteiger partial charge is 0.237 e. The number of piperidine rings is 1. The molecule has 2 aliphatic rings. The van der Waals surface area contributed by atoms with Crippen LogP contribution in [0.5, 0.6) is 5.75 Å². The monoisotopic (exact) mass is 399 g/mol. The lowest BCUT2D eigenvalue weighted by atomic mass is 10.0. The van der Waals surface area contributed by atoms with Crippen molar-refractivity contribution in [3.05, 3.63) is 47.7 Å². The maximum Gasteiger partial charge on any atom is 0.237 e. The summed E-state index contributed by atoms with van der Waals surface area (Å²) in [5.74, 6) is 2.44. The summed E-state index contributed by atoms with van der Waals surface area (Å²) in [4.78, 5) is 21.6. The van der Waals surface area contributed by atoms with Gasteiger partial charge in [0, 0.05) is 26.1 Å². The first-order valence-electron chi connectivity index (χ1n) is 10.4. The molecule has 0 radical (unpaired) electrons. The van der Waals surface area contributed by atoms with E-state index in [1.165, 1.54) is 0 Å². The molecule has 0 saturated carbocycles. The summed E-state index contributed by atoms with van der Waals surface area (Å²) in [6, 6.07) is 7.87. The van der Waals surface area contributed by atoms with Gasteiger partial charge in [-0.25, -0.2) is 4.98 Å². The first kappa shape index (κ1) is 19.9. The average molecular weight is 399 g/mol. The number of methoxy groups -OCH3 is 1. The van der Waals surface area contributed by atoms with Crippen molar-refractivity contribution in [1.82, 2.24) is 14.8 Å². The lowest BCUT2D eigenvalue weighted by Gasteiger charge is -2.36. The number of carbonyl (C=O) groups excluding carboxylic acids is 1. The highest BCUT2D eigenvalue weighted by molar-refractivity contribution is 5.78. The topological polar surface area (TPSA) is 68.0 Å². The van der Waals surface area contributed by atoms with Crippen molar-refractivity contribution in [3.63, 3.8) is 0 Å². The predicted molar refractivity (Wildman–Crippen MR) is 108 cm³/mol. The van der Waals surface area contributed by atoms with Gasteiger partial charge in [0.15, 0.2) is 0 Å². The molecule has 2 saturated heterocycles. The van der Waals surface area contributed by atoms with Crippen LogP contribution in [0, 0.1) is 0 Å². The van der Waals surface area contributed by atoms with Crippen LogP contribution in [0.1, 0.15) is 42.5 Å². The molecule has 1 amide bonds. The summed E-state index contributed by atoms with van der Waals surface area (Å²) < 4.78 is 16.8. The van der Waals surface area contributed by atoms with Gasteiger partial charge in [-0.2, -0.15) is 0 Å². The lowest BCUT2D eigenvalue weighted by Crippen LogP contribution is -2.47. The Kier molecular flexibility index (Phi) is 6.46. The zero-order valence-electron chi connectivity index (χ0n) is 17.0. The number of nitrogens with zero attached hydrogens (tertiary/aromatic N) is 3. The van der Waals surface area contributed by atoms with Crippen LogP contribution in [0.2, 0.25) is 0 Å². The number of aromatic nitrogens is 1. The second kappa shape index (κ2) is 9.41. The molecule has 156 valence electrons. The summed E-state index contributed by atoms with van der Waals surface area (Å²) >= 11 is 0. The molecule has 0 unspecified atom stereocenters. The number of likely N-dealkylation sites (tertiary alicyclic amines) is 1. The molecule has 0 aliphatic carbocycles. The van der Waals surface area contributed by atoms with Gasteiger partial charge in [0.2, 0.25) is 11.8 Å². The molecule has 3 heterocycles. The Balaban J connectivity index is 1.43. The molecule has 7 heteroatoms. The van der Waals surface area contributed by atoms with Gasteiger partial charge in [0.25, 0.3) is 0 Å². The highest BCUT2D eigenvalue weighted by Gasteiger charge is 2.32. The third kappa shape index (κ3) is 4.97. The SMILES string of the molecule is COc1cccc(Cc2cnc([C@@H]3CCCCN3C(=O)CN3CCOCC3)o2)c1. The average Bonchev–Trinajstić information content (AvgIpc) is 3.23. The molecule has 2 aliphatic heterocycles. The Morgan fingerprint density at radius 3 is 2.93 bits per heavy atom. The summed E-state index contributed by atoms with van der Waals surface area (Å²) in [5, 5.41) is 0. The molecule has 4 rings (SSSR count). The van der Waals surface area contributed by atoms with E-state index in [9.17, 15) is 4.79 Å². The lowest BCUT2D eigenvalue weighted by molar-refractivity contribution is -0.137. The highest BCUT2D eigenvalue weighted by Crippen LogP contribution is 2.31. The number of rotatable bonds is 6. The number of ether oxygens (including phenoxy) is 2. The van der Waals surface area contributed by atoms with Crippen molar-refractivity contribution < 1.29 is 18.7 Å². The molecule has 2 aromatic rings. The summed E-state index contributed by atoms with van der Waals surface area (Å²) in [6.07, 6.45) is 5.45. The van der Waals surface area contributed by atoms with Gasteiger partial charge in [-0.1, -0.05) is 12.1 Å². The van der Waals surface area contributed by atoms with Crippen LogP contribution in [0.3, 0.4) is 0 Å². The van der Waals surface area contributed by atoms with E-state index < -0.39 is 0 Å². The highest BCUT2D eigenvalue weighted by atomic mass is 16.5. The van der Waals surface area contributed by atoms with Crippen molar-refractivity contribution in [3.8, 4) is 5.75 Å². The van der Waals surface area contributed by atoms with Crippen LogP contribution < -0.4 is 4.74 Å². The minimum atomic E-state index is -0.0728. The Hall–Kier alpha value is -2.38. The molecular weight excluding hydrogens is 370 g/mol. The predicted octanol–water partition coefficient (Wildman–Crippen LogP) is 2.66. The molecule has 29 heavy (non-hydrogen) atoms. The van der Waals surface area contributed by atoms with E-state index in [1.807, 2.05) is 29.2 Å². The van der Waals surface area contributed by atoms with Crippen molar-refractivity contribution >= 4 is 5.91 Å². The van der Waals surface area contributed by atoms with Gasteiger partial charge in [-0.3, -0.25) is 9.69 Å². The number of amides is 1. The standard InChI is InChI=1S/C22H29N3O4/c1-27-18-6-4-5-17(13-18)14-19-15-23-22(29-19)20-7-2-3-8-25(20)21(26)16-24-9-11-28-12-10-24/h4-6,13,15,20H,2-3,7-12,14,16H2,1H3/t20-/m0/s1. The number of hydrogen-bond donors (Lipinski definition) is 0. The molecule has 2 fully saturated rings. The van der Waals surface area contributed by atoms with Gasteiger partial charge in [0.05, 0.1) is 33.1 Å². The molecule has 1 aromatic carbocycles. The fourth-order valence-corrected chi connectivity index (χ4v) is 4.07. The minimum absolute atomic E-state index is 0.0728. The molecule has 1 aromatic heterocycles. The Morgan fingerprint density at radius 2 is 2.10 bits per heavy atom. The number of benzene rings is 1. The van der Waals surface area contributed by atoms with E-state index >= 15 is 0 Å². The van der Waals surface area contributed by atoms with E-state index in [0.717, 1.165) is 56.0 Å². The number of oxazole rings is 1. The van der Waals surface area contributed by atoms with Crippen molar-refractivity contribution in [2.45, 2.75) is 31.7 Å². The van der Waals surface area contributed by atoms with E-state index in [4.69, 9.17) is 13.9 Å². The van der Waals surface area contributed by atoms with Crippen LogP contribution in [-0.2, 0) is 16.0 Å². The van der Waals surface area contributed by atoms with Crippen LogP contribution in [-0.4, -0.2) is 67.2 Å². The quantitative estimate of drug-likeness (QED) is 0.744. The fraction of sp³-hybridized carbons (Fsp3) is 0.545. The molecule has 0 spiro atoms. The van der Waals surface area contributed by atoms with E-state index in [2.05, 4.69) is 9.88 Å². The zero-order valence-corrected chi connectivity index (χ0v) is 17.0. The minimum Gasteiger partial charge on any atom is -0.497 e. The molecule has 1 atom stereocenters. The van der Waals surface area contributed by atoms with E-state index in [1.54, 1.807) is 13.3 Å². The van der Waals surface area contributed by atoms with Crippen molar-refractivity contribution in [2.75, 3.05) is 46.5 Å². The second-order valence-electron chi connectivity index (χ2n) is 7.68. The van der Waals surface area contributed by atoms with Crippen LogP contribution >= 0.6 is 0 Å². The second-order valence-corrected chi connectivity index (χ2v) is 7.68. The molecule has 0 N–H and O–H groups in total.